The molecule has 2 N–H and O–H groups in total. The average Bonchev–Trinajstić information content (AvgIpc) is 2.73. The van der Waals surface area contributed by atoms with Gasteiger partial charge in [0.1, 0.15) is 18.0 Å². The van der Waals surface area contributed by atoms with Gasteiger partial charge >= 0.3 is 6.09 Å². The maximum Gasteiger partial charge on any atom is 0.407 e. The van der Waals surface area contributed by atoms with E-state index in [1.54, 1.807) is 40.0 Å². The van der Waals surface area contributed by atoms with Crippen LogP contribution in [0.5, 0.6) is 5.75 Å². The maximum absolute atomic E-state index is 13.2. The third kappa shape index (κ3) is 6.47. The molecule has 0 aromatic heterocycles. The van der Waals surface area contributed by atoms with Crippen LogP contribution in [-0.2, 0) is 14.9 Å². The quantitative estimate of drug-likeness (QED) is 0.686. The first-order valence-electron chi connectivity index (χ1n) is 10.4. The first kappa shape index (κ1) is 23.7. The molecule has 30 heavy (non-hydrogen) atoms. The summed E-state index contributed by atoms with van der Waals surface area (Å²) < 4.78 is 23.9. The molecule has 0 spiro atoms. The molecule has 1 aromatic rings. The number of carbonyl (C=O) groups is 2. The molecule has 1 saturated carbocycles. The molecule has 0 radical (unpaired) electrons. The lowest BCUT2D eigenvalue weighted by Crippen LogP contribution is -2.44. The molecule has 0 atom stereocenters. The van der Waals surface area contributed by atoms with Crippen LogP contribution in [0.2, 0.25) is 0 Å². The fraction of sp³-hybridized carbons (Fsp3) is 0.565. The van der Waals surface area contributed by atoms with Gasteiger partial charge in [-0.3, -0.25) is 4.79 Å². The number of alkyl carbamates (subject to hydrolysis) is 1. The molecule has 1 aliphatic carbocycles. The van der Waals surface area contributed by atoms with Gasteiger partial charge in [0, 0.05) is 19.2 Å². The van der Waals surface area contributed by atoms with Gasteiger partial charge in [0.25, 0.3) is 0 Å². The standard InChI is InChI=1S/C23H33FN2O4/c1-22(2,3)30-21(28)26-15-17(14-24)16-29-19-10-8-18(9-11-19)23(20(27)25-4)12-6-5-7-13-23/h8-11,14H,5-7,12-13,15-16H2,1-4H3,(H,25,27)(H,26,28). The van der Waals surface area contributed by atoms with Crippen molar-refractivity contribution < 1.29 is 23.5 Å². The van der Waals surface area contributed by atoms with Crippen LogP contribution in [0.15, 0.2) is 36.2 Å². The maximum atomic E-state index is 13.2. The number of hydrogen-bond acceptors (Lipinski definition) is 4. The van der Waals surface area contributed by atoms with Crippen molar-refractivity contribution >= 4 is 12.0 Å². The van der Waals surface area contributed by atoms with Crippen molar-refractivity contribution in [3.05, 3.63) is 41.7 Å². The Hall–Kier alpha value is -2.57. The number of likely N-dealkylation sites (N-methyl/N-ethyl adjacent to an activating group) is 1. The third-order valence-electron chi connectivity index (χ3n) is 5.21. The number of rotatable bonds is 7. The molecule has 7 heteroatoms. The van der Waals surface area contributed by atoms with E-state index in [4.69, 9.17) is 9.47 Å². The van der Waals surface area contributed by atoms with Gasteiger partial charge in [-0.1, -0.05) is 31.4 Å². The minimum absolute atomic E-state index is 0.00770. The highest BCUT2D eigenvalue weighted by Gasteiger charge is 2.40. The molecular weight excluding hydrogens is 387 g/mol. The topological polar surface area (TPSA) is 76.7 Å². The number of hydrogen-bond donors (Lipinski definition) is 2. The Balaban J connectivity index is 1.95. The Morgan fingerprint density at radius 3 is 2.30 bits per heavy atom. The van der Waals surface area contributed by atoms with Crippen molar-refractivity contribution in [2.75, 3.05) is 20.2 Å². The van der Waals surface area contributed by atoms with E-state index < -0.39 is 17.1 Å². The van der Waals surface area contributed by atoms with E-state index in [1.165, 1.54) is 0 Å². The molecule has 0 unspecified atom stereocenters. The summed E-state index contributed by atoms with van der Waals surface area (Å²) in [4.78, 5) is 24.3. The van der Waals surface area contributed by atoms with Crippen molar-refractivity contribution in [1.82, 2.24) is 10.6 Å². The number of ether oxygens (including phenoxy) is 2. The normalized spacial score (nSPS) is 16.5. The van der Waals surface area contributed by atoms with Crippen molar-refractivity contribution in [3.63, 3.8) is 0 Å². The summed E-state index contributed by atoms with van der Waals surface area (Å²) in [7, 11) is 1.67. The molecule has 2 rings (SSSR count). The van der Waals surface area contributed by atoms with Gasteiger partial charge in [0.05, 0.1) is 11.7 Å². The van der Waals surface area contributed by atoms with Crippen LogP contribution in [0.4, 0.5) is 9.18 Å². The van der Waals surface area contributed by atoms with E-state index >= 15 is 0 Å². The molecule has 1 aliphatic rings. The second kappa shape index (κ2) is 10.5. The van der Waals surface area contributed by atoms with Gasteiger partial charge in [-0.15, -0.1) is 0 Å². The van der Waals surface area contributed by atoms with Gasteiger partial charge in [-0.2, -0.15) is 0 Å². The van der Waals surface area contributed by atoms with Crippen molar-refractivity contribution in [2.45, 2.75) is 63.9 Å². The second-order valence-corrected chi connectivity index (χ2v) is 8.66. The van der Waals surface area contributed by atoms with E-state index in [0.29, 0.717) is 12.1 Å². The number of nitrogens with one attached hydrogen (secondary N) is 2. The van der Waals surface area contributed by atoms with E-state index in [9.17, 15) is 14.0 Å². The lowest BCUT2D eigenvalue weighted by Gasteiger charge is -2.36. The minimum Gasteiger partial charge on any atom is -0.489 e. The smallest absolute Gasteiger partial charge is 0.407 e. The number of carbonyl (C=O) groups excluding carboxylic acids is 2. The SMILES string of the molecule is CNC(=O)C1(c2ccc(OCC(=CF)CNC(=O)OC(C)(C)C)cc2)CCCCC1. The summed E-state index contributed by atoms with van der Waals surface area (Å²) in [5.74, 6) is 0.616. The molecule has 0 saturated heterocycles. The molecule has 1 fully saturated rings. The van der Waals surface area contributed by atoms with E-state index in [-0.39, 0.29) is 24.6 Å². The molecular formula is C23H33FN2O4. The van der Waals surface area contributed by atoms with Gasteiger partial charge in [0.15, 0.2) is 0 Å². The highest BCUT2D eigenvalue weighted by Crippen LogP contribution is 2.40. The lowest BCUT2D eigenvalue weighted by atomic mass is 9.69. The summed E-state index contributed by atoms with van der Waals surface area (Å²) in [5.41, 5.74) is 0.139. The summed E-state index contributed by atoms with van der Waals surface area (Å²) in [5, 5.41) is 5.32. The molecule has 1 aromatic carbocycles. The Morgan fingerprint density at radius 1 is 1.13 bits per heavy atom. The lowest BCUT2D eigenvalue weighted by molar-refractivity contribution is -0.127. The average molecular weight is 421 g/mol. The van der Waals surface area contributed by atoms with Crippen molar-refractivity contribution in [3.8, 4) is 5.75 Å². The summed E-state index contributed by atoms with van der Waals surface area (Å²) in [6, 6.07) is 7.42. The zero-order chi connectivity index (χ0) is 22.2. The molecule has 166 valence electrons. The zero-order valence-electron chi connectivity index (χ0n) is 18.3. The van der Waals surface area contributed by atoms with Crippen LogP contribution in [0.3, 0.4) is 0 Å². The van der Waals surface area contributed by atoms with Crippen molar-refractivity contribution in [1.29, 1.82) is 0 Å². The third-order valence-corrected chi connectivity index (χ3v) is 5.21. The van der Waals surface area contributed by atoms with E-state index in [1.807, 2.05) is 12.1 Å². The fourth-order valence-corrected chi connectivity index (χ4v) is 3.71. The molecule has 0 aliphatic heterocycles. The number of benzene rings is 1. The molecule has 0 heterocycles. The van der Waals surface area contributed by atoms with Gasteiger partial charge in [0.2, 0.25) is 5.91 Å². The first-order valence-corrected chi connectivity index (χ1v) is 10.4. The molecule has 6 nitrogen and oxygen atoms in total. The van der Waals surface area contributed by atoms with Crippen LogP contribution in [0.1, 0.15) is 58.4 Å². The van der Waals surface area contributed by atoms with Crippen LogP contribution in [0, 0.1) is 0 Å². The summed E-state index contributed by atoms with van der Waals surface area (Å²) in [6.07, 6.45) is 4.68. The molecule has 0 bridgehead atoms. The van der Waals surface area contributed by atoms with E-state index in [0.717, 1.165) is 37.7 Å². The van der Waals surface area contributed by atoms with Crippen molar-refractivity contribution in [2.24, 2.45) is 0 Å². The van der Waals surface area contributed by atoms with Crippen LogP contribution < -0.4 is 15.4 Å². The predicted octanol–water partition coefficient (Wildman–Crippen LogP) is 4.39. The minimum atomic E-state index is -0.619. The zero-order valence-corrected chi connectivity index (χ0v) is 18.3. The van der Waals surface area contributed by atoms with Gasteiger partial charge < -0.3 is 20.1 Å². The summed E-state index contributed by atoms with van der Waals surface area (Å²) >= 11 is 0. The Bertz CT molecular complexity index is 747. The summed E-state index contributed by atoms with van der Waals surface area (Å²) in [6.45, 7) is 5.25. The Morgan fingerprint density at radius 2 is 1.77 bits per heavy atom. The Labute approximate surface area is 178 Å². The Kier molecular flexibility index (Phi) is 8.26. The monoisotopic (exact) mass is 420 g/mol. The van der Waals surface area contributed by atoms with Crippen LogP contribution >= 0.6 is 0 Å². The highest BCUT2D eigenvalue weighted by atomic mass is 19.1. The second-order valence-electron chi connectivity index (χ2n) is 8.66. The van der Waals surface area contributed by atoms with E-state index in [2.05, 4.69) is 10.6 Å². The highest BCUT2D eigenvalue weighted by molar-refractivity contribution is 5.88. The molecule has 2 amide bonds. The van der Waals surface area contributed by atoms with Crippen LogP contribution in [-0.4, -0.2) is 37.8 Å². The van der Waals surface area contributed by atoms with Gasteiger partial charge in [-0.25, -0.2) is 9.18 Å². The van der Waals surface area contributed by atoms with Crippen LogP contribution in [0.25, 0.3) is 0 Å². The van der Waals surface area contributed by atoms with Gasteiger partial charge in [-0.05, 0) is 51.3 Å². The first-order chi connectivity index (χ1) is 14.2. The number of halogens is 1. The number of amides is 2. The predicted molar refractivity (Wildman–Crippen MR) is 114 cm³/mol. The largest absolute Gasteiger partial charge is 0.489 e. The fourth-order valence-electron chi connectivity index (χ4n) is 3.71.